The van der Waals surface area contributed by atoms with Crippen molar-refractivity contribution in [2.75, 3.05) is 5.32 Å². The highest BCUT2D eigenvalue weighted by molar-refractivity contribution is 8.00. The molecule has 0 aliphatic carbocycles. The zero-order chi connectivity index (χ0) is 20.5. The summed E-state index contributed by atoms with van der Waals surface area (Å²) in [6, 6.07) is 16.3. The third kappa shape index (κ3) is 3.72. The fraction of sp³-hybridized carbons (Fsp3) is 0.261. The minimum Gasteiger partial charge on any atom is -0.325 e. The normalized spacial score (nSPS) is 12.4. The summed E-state index contributed by atoms with van der Waals surface area (Å²) in [4.78, 5) is 12.7. The number of aryl methyl sites for hydroxylation is 3. The topological polar surface area (TPSA) is 59.3 Å². The summed E-state index contributed by atoms with van der Waals surface area (Å²) in [6.07, 6.45) is 0.979. The Balaban J connectivity index is 1.62. The van der Waals surface area contributed by atoms with Crippen LogP contribution in [0, 0.1) is 13.8 Å². The van der Waals surface area contributed by atoms with Gasteiger partial charge in [-0.2, -0.15) is 0 Å². The van der Waals surface area contributed by atoms with Crippen LogP contribution in [0.3, 0.4) is 0 Å². The molecule has 2 aromatic heterocycles. The molecule has 0 saturated carbocycles. The van der Waals surface area contributed by atoms with Crippen molar-refractivity contribution in [2.24, 2.45) is 0 Å². The first-order valence-electron chi connectivity index (χ1n) is 9.78. The summed E-state index contributed by atoms with van der Waals surface area (Å²) in [5.41, 5.74) is 6.28. The SMILES string of the molecule is CCc1ccc(NC(=O)C(C)Sc2nnc3cc(C)c4cccc(C)c4n23)cc1. The van der Waals surface area contributed by atoms with Crippen LogP contribution >= 0.6 is 11.8 Å². The van der Waals surface area contributed by atoms with Gasteiger partial charge in [-0.25, -0.2) is 0 Å². The summed E-state index contributed by atoms with van der Waals surface area (Å²) >= 11 is 1.42. The second-order valence-electron chi connectivity index (χ2n) is 7.27. The third-order valence-corrected chi connectivity index (χ3v) is 6.21. The Kier molecular flexibility index (Phi) is 5.28. The van der Waals surface area contributed by atoms with E-state index in [2.05, 4.69) is 58.9 Å². The predicted molar refractivity (Wildman–Crippen MR) is 120 cm³/mol. The standard InChI is InChI=1S/C23H24N4OS/c1-5-17-9-11-18(12-10-17)24-22(28)16(4)29-23-26-25-20-13-15(3)19-8-6-7-14(2)21(19)27(20)23/h6-13,16H,5H2,1-4H3,(H,24,28). The van der Waals surface area contributed by atoms with Crippen LogP contribution in [0.4, 0.5) is 5.69 Å². The van der Waals surface area contributed by atoms with Gasteiger partial charge in [0.05, 0.1) is 10.8 Å². The fourth-order valence-electron chi connectivity index (χ4n) is 3.49. The number of nitrogens with one attached hydrogen (secondary N) is 1. The fourth-order valence-corrected chi connectivity index (χ4v) is 4.35. The van der Waals surface area contributed by atoms with E-state index in [-0.39, 0.29) is 11.2 Å². The molecule has 4 aromatic rings. The highest BCUT2D eigenvalue weighted by atomic mass is 32.2. The first kappa shape index (κ1) is 19.5. The molecule has 0 saturated heterocycles. The molecule has 5 nitrogen and oxygen atoms in total. The van der Waals surface area contributed by atoms with Crippen molar-refractivity contribution < 1.29 is 4.79 Å². The quantitative estimate of drug-likeness (QED) is 0.466. The van der Waals surface area contributed by atoms with Crippen LogP contribution in [0.1, 0.15) is 30.5 Å². The number of carbonyl (C=O) groups is 1. The molecule has 2 heterocycles. The van der Waals surface area contributed by atoms with E-state index in [0.717, 1.165) is 34.0 Å². The van der Waals surface area contributed by atoms with Crippen LogP contribution in [-0.2, 0) is 11.2 Å². The average molecular weight is 405 g/mol. The highest BCUT2D eigenvalue weighted by Crippen LogP contribution is 2.30. The van der Waals surface area contributed by atoms with Crippen LogP contribution in [0.15, 0.2) is 53.7 Å². The summed E-state index contributed by atoms with van der Waals surface area (Å²) < 4.78 is 2.06. The molecule has 0 radical (unpaired) electrons. The minimum absolute atomic E-state index is 0.0517. The summed E-state index contributed by atoms with van der Waals surface area (Å²) in [5.74, 6) is -0.0517. The largest absolute Gasteiger partial charge is 0.325 e. The lowest BCUT2D eigenvalue weighted by atomic mass is 10.1. The van der Waals surface area contributed by atoms with Gasteiger partial charge in [-0.15, -0.1) is 10.2 Å². The van der Waals surface area contributed by atoms with Gasteiger partial charge in [-0.05, 0) is 62.1 Å². The Labute approximate surface area is 174 Å². The number of para-hydroxylation sites is 1. The van der Waals surface area contributed by atoms with Crippen molar-refractivity contribution in [3.05, 3.63) is 65.2 Å². The van der Waals surface area contributed by atoms with Gasteiger partial charge in [-0.1, -0.05) is 49.0 Å². The smallest absolute Gasteiger partial charge is 0.237 e. The molecule has 1 N–H and O–H groups in total. The van der Waals surface area contributed by atoms with E-state index < -0.39 is 0 Å². The number of anilines is 1. The number of nitrogens with zero attached hydrogens (tertiary/aromatic N) is 3. The number of hydrogen-bond acceptors (Lipinski definition) is 4. The molecule has 0 fully saturated rings. The molecule has 1 unspecified atom stereocenters. The molecular weight excluding hydrogens is 380 g/mol. The zero-order valence-corrected chi connectivity index (χ0v) is 17.9. The second-order valence-corrected chi connectivity index (χ2v) is 8.58. The number of pyridine rings is 1. The maximum absolute atomic E-state index is 12.7. The summed E-state index contributed by atoms with van der Waals surface area (Å²) in [6.45, 7) is 8.18. The van der Waals surface area contributed by atoms with Gasteiger partial charge in [0.25, 0.3) is 0 Å². The minimum atomic E-state index is -0.311. The number of amides is 1. The monoisotopic (exact) mass is 404 g/mol. The molecule has 0 bridgehead atoms. The van der Waals surface area contributed by atoms with Crippen molar-refractivity contribution in [1.82, 2.24) is 14.6 Å². The van der Waals surface area contributed by atoms with Crippen molar-refractivity contribution in [3.8, 4) is 0 Å². The highest BCUT2D eigenvalue weighted by Gasteiger charge is 2.20. The molecule has 6 heteroatoms. The van der Waals surface area contributed by atoms with Crippen LogP contribution in [0.2, 0.25) is 0 Å². The number of aromatic nitrogens is 3. The molecule has 1 atom stereocenters. The predicted octanol–water partition coefficient (Wildman–Crippen LogP) is 5.18. The van der Waals surface area contributed by atoms with Gasteiger partial charge < -0.3 is 5.32 Å². The van der Waals surface area contributed by atoms with E-state index in [0.29, 0.717) is 0 Å². The number of fused-ring (bicyclic) bond motifs is 3. The maximum atomic E-state index is 12.7. The average Bonchev–Trinajstić information content (AvgIpc) is 3.11. The number of thioether (sulfide) groups is 1. The molecular formula is C23H24N4OS. The Morgan fingerprint density at radius 2 is 1.86 bits per heavy atom. The van der Waals surface area contributed by atoms with E-state index in [4.69, 9.17) is 0 Å². The van der Waals surface area contributed by atoms with Crippen molar-refractivity contribution in [1.29, 1.82) is 0 Å². The summed E-state index contributed by atoms with van der Waals surface area (Å²) in [5, 5.41) is 13.3. The Hall–Kier alpha value is -2.86. The van der Waals surface area contributed by atoms with Crippen molar-refractivity contribution in [3.63, 3.8) is 0 Å². The van der Waals surface area contributed by atoms with E-state index in [9.17, 15) is 4.79 Å². The number of hydrogen-bond donors (Lipinski definition) is 1. The second kappa shape index (κ2) is 7.87. The molecule has 2 aromatic carbocycles. The Morgan fingerprint density at radius 3 is 2.59 bits per heavy atom. The Bertz CT molecular complexity index is 1200. The van der Waals surface area contributed by atoms with Crippen LogP contribution in [0.5, 0.6) is 0 Å². The van der Waals surface area contributed by atoms with Crippen LogP contribution < -0.4 is 5.32 Å². The van der Waals surface area contributed by atoms with Gasteiger partial charge >= 0.3 is 0 Å². The molecule has 29 heavy (non-hydrogen) atoms. The lowest BCUT2D eigenvalue weighted by Crippen LogP contribution is -2.22. The van der Waals surface area contributed by atoms with E-state index in [1.807, 2.05) is 37.3 Å². The van der Waals surface area contributed by atoms with Crippen LogP contribution in [0.25, 0.3) is 16.6 Å². The molecule has 4 rings (SSSR count). The van der Waals surface area contributed by atoms with Gasteiger partial charge in [0.2, 0.25) is 5.91 Å². The lowest BCUT2D eigenvalue weighted by Gasteiger charge is -2.13. The Morgan fingerprint density at radius 1 is 1.10 bits per heavy atom. The van der Waals surface area contributed by atoms with Gasteiger partial charge in [0, 0.05) is 11.1 Å². The third-order valence-electron chi connectivity index (χ3n) is 5.17. The molecule has 0 aliphatic heterocycles. The number of benzene rings is 2. The van der Waals surface area contributed by atoms with E-state index in [1.54, 1.807) is 0 Å². The zero-order valence-electron chi connectivity index (χ0n) is 17.1. The first-order chi connectivity index (χ1) is 14.0. The summed E-state index contributed by atoms with van der Waals surface area (Å²) in [7, 11) is 0. The lowest BCUT2D eigenvalue weighted by molar-refractivity contribution is -0.115. The van der Waals surface area contributed by atoms with Crippen LogP contribution in [-0.4, -0.2) is 25.8 Å². The molecule has 1 amide bonds. The van der Waals surface area contributed by atoms with E-state index >= 15 is 0 Å². The van der Waals surface area contributed by atoms with E-state index in [1.165, 1.54) is 28.3 Å². The number of rotatable bonds is 5. The molecule has 148 valence electrons. The van der Waals surface area contributed by atoms with Gasteiger partial charge in [0.15, 0.2) is 10.8 Å². The van der Waals surface area contributed by atoms with Crippen molar-refractivity contribution >= 4 is 39.9 Å². The molecule has 0 aliphatic rings. The number of carbonyl (C=O) groups excluding carboxylic acids is 1. The first-order valence-corrected chi connectivity index (χ1v) is 10.7. The molecule has 0 spiro atoms. The maximum Gasteiger partial charge on any atom is 0.237 e. The van der Waals surface area contributed by atoms with Gasteiger partial charge in [-0.3, -0.25) is 9.20 Å². The van der Waals surface area contributed by atoms with Crippen molar-refractivity contribution in [2.45, 2.75) is 44.5 Å². The van der Waals surface area contributed by atoms with Gasteiger partial charge in [0.1, 0.15) is 0 Å².